The van der Waals surface area contributed by atoms with Crippen LogP contribution >= 0.6 is 0 Å². The zero-order valence-electron chi connectivity index (χ0n) is 15.6. The maximum atomic E-state index is 10.5. The Bertz CT molecular complexity index is 768. The highest BCUT2D eigenvalue weighted by molar-refractivity contribution is 5.45. The minimum absolute atomic E-state index is 0.162. The maximum absolute atomic E-state index is 10.5. The molecule has 2 aromatic heterocycles. The van der Waals surface area contributed by atoms with Gasteiger partial charge in [-0.3, -0.25) is 0 Å². The molecule has 0 atom stereocenters. The molecular formula is C17H28N8O. The molecule has 0 saturated carbocycles. The van der Waals surface area contributed by atoms with Gasteiger partial charge in [-0.05, 0) is 27.1 Å². The van der Waals surface area contributed by atoms with Crippen LogP contribution in [0.2, 0.25) is 0 Å². The lowest BCUT2D eigenvalue weighted by Crippen LogP contribution is -2.44. The summed E-state index contributed by atoms with van der Waals surface area (Å²) in [6, 6.07) is 0. The fourth-order valence-electron chi connectivity index (χ4n) is 3.63. The second-order valence-corrected chi connectivity index (χ2v) is 7.42. The van der Waals surface area contributed by atoms with Gasteiger partial charge in [-0.25, -0.2) is 4.98 Å². The number of likely N-dealkylation sites (N-methyl/N-ethyl adjacent to an activating group) is 2. The molecule has 2 N–H and O–H groups in total. The highest BCUT2D eigenvalue weighted by atomic mass is 16.3. The zero-order valence-corrected chi connectivity index (χ0v) is 15.6. The molecule has 4 heterocycles. The first kappa shape index (κ1) is 17.4. The van der Waals surface area contributed by atoms with Crippen molar-refractivity contribution in [2.75, 3.05) is 65.2 Å². The third kappa shape index (κ3) is 3.60. The van der Waals surface area contributed by atoms with Gasteiger partial charge in [0.25, 0.3) is 5.78 Å². The first-order valence-corrected chi connectivity index (χ1v) is 9.41. The smallest absolute Gasteiger partial charge is 0.257 e. The largest absolute Gasteiger partial charge is 0.493 e. The van der Waals surface area contributed by atoms with Gasteiger partial charge in [0, 0.05) is 57.8 Å². The van der Waals surface area contributed by atoms with Crippen molar-refractivity contribution in [3.05, 3.63) is 11.3 Å². The summed E-state index contributed by atoms with van der Waals surface area (Å²) in [5.41, 5.74) is 1.79. The van der Waals surface area contributed by atoms with Crippen molar-refractivity contribution in [2.45, 2.75) is 19.4 Å². The van der Waals surface area contributed by atoms with Gasteiger partial charge in [0.15, 0.2) is 0 Å². The summed E-state index contributed by atoms with van der Waals surface area (Å²) in [6.07, 6.45) is 1.87. The summed E-state index contributed by atoms with van der Waals surface area (Å²) in [5, 5.41) is 18.2. The predicted octanol–water partition coefficient (Wildman–Crippen LogP) is -0.133. The molecule has 142 valence electrons. The van der Waals surface area contributed by atoms with E-state index in [2.05, 4.69) is 42.1 Å². The normalized spacial score (nSPS) is 19.8. The molecule has 1 fully saturated rings. The lowest BCUT2D eigenvalue weighted by molar-refractivity contribution is 0.154. The van der Waals surface area contributed by atoms with E-state index in [1.54, 1.807) is 0 Å². The van der Waals surface area contributed by atoms with Crippen molar-refractivity contribution in [1.82, 2.24) is 34.3 Å². The summed E-state index contributed by atoms with van der Waals surface area (Å²) in [5.74, 6) is 1.16. The Balaban J connectivity index is 1.36. The van der Waals surface area contributed by atoms with E-state index in [4.69, 9.17) is 0 Å². The Kier molecular flexibility index (Phi) is 4.92. The number of hydrogen-bond donors (Lipinski definition) is 2. The number of aromatic nitrogens is 4. The lowest BCUT2D eigenvalue weighted by atomic mass is 10.1. The van der Waals surface area contributed by atoms with Gasteiger partial charge in [0.1, 0.15) is 0 Å². The average Bonchev–Trinajstić information content (AvgIpc) is 3.04. The Labute approximate surface area is 153 Å². The first-order valence-electron chi connectivity index (χ1n) is 9.41. The van der Waals surface area contributed by atoms with E-state index in [-0.39, 0.29) is 5.88 Å². The summed E-state index contributed by atoms with van der Waals surface area (Å²) in [7, 11) is 4.22. The van der Waals surface area contributed by atoms with E-state index in [9.17, 15) is 5.11 Å². The van der Waals surface area contributed by atoms with E-state index >= 15 is 0 Å². The van der Waals surface area contributed by atoms with Gasteiger partial charge < -0.3 is 25.1 Å². The number of aromatic hydroxyl groups is 1. The van der Waals surface area contributed by atoms with Crippen LogP contribution in [0.5, 0.6) is 5.88 Å². The molecule has 4 rings (SSSR count). The molecule has 0 bridgehead atoms. The molecule has 26 heavy (non-hydrogen) atoms. The zero-order chi connectivity index (χ0) is 18.1. The number of rotatable bonds is 5. The molecule has 9 heteroatoms. The molecule has 0 spiro atoms. The van der Waals surface area contributed by atoms with Crippen LogP contribution in [0.25, 0.3) is 5.78 Å². The number of hydrogen-bond acceptors (Lipinski definition) is 8. The second kappa shape index (κ2) is 7.34. The van der Waals surface area contributed by atoms with Crippen molar-refractivity contribution in [3.8, 4) is 5.88 Å². The molecule has 2 aromatic rings. The van der Waals surface area contributed by atoms with Crippen LogP contribution in [0.1, 0.15) is 17.7 Å². The molecule has 9 nitrogen and oxygen atoms in total. The quantitative estimate of drug-likeness (QED) is 0.713. The molecule has 0 aromatic carbocycles. The van der Waals surface area contributed by atoms with E-state index in [1.165, 1.54) is 4.52 Å². The number of nitrogens with zero attached hydrogens (tertiary/aromatic N) is 7. The Morgan fingerprint density at radius 3 is 2.65 bits per heavy atom. The molecule has 0 aliphatic carbocycles. The molecule has 0 unspecified atom stereocenters. The van der Waals surface area contributed by atoms with Gasteiger partial charge >= 0.3 is 0 Å². The summed E-state index contributed by atoms with van der Waals surface area (Å²) >= 11 is 0. The van der Waals surface area contributed by atoms with Crippen LogP contribution in [0.15, 0.2) is 0 Å². The molecule has 0 amide bonds. The SMILES string of the molecule is CN1CCN(CCCNc2nc3nc4c(c(O)n3n2)CN(C)CC4)CC1. The van der Waals surface area contributed by atoms with Crippen LogP contribution in [0.4, 0.5) is 5.95 Å². The van der Waals surface area contributed by atoms with Crippen molar-refractivity contribution in [1.29, 1.82) is 0 Å². The number of fused-ring (bicyclic) bond motifs is 2. The minimum atomic E-state index is 0.162. The van der Waals surface area contributed by atoms with Crippen LogP contribution in [-0.2, 0) is 13.0 Å². The van der Waals surface area contributed by atoms with Gasteiger partial charge in [0.2, 0.25) is 11.8 Å². The fraction of sp³-hybridized carbons (Fsp3) is 0.706. The summed E-state index contributed by atoms with van der Waals surface area (Å²) in [6.45, 7) is 8.10. The summed E-state index contributed by atoms with van der Waals surface area (Å²) < 4.78 is 1.45. The minimum Gasteiger partial charge on any atom is -0.493 e. The van der Waals surface area contributed by atoms with Gasteiger partial charge in [-0.1, -0.05) is 0 Å². The highest BCUT2D eigenvalue weighted by Crippen LogP contribution is 2.26. The fourth-order valence-corrected chi connectivity index (χ4v) is 3.63. The maximum Gasteiger partial charge on any atom is 0.257 e. The van der Waals surface area contributed by atoms with E-state index in [0.717, 1.165) is 69.9 Å². The second-order valence-electron chi connectivity index (χ2n) is 7.42. The molecular weight excluding hydrogens is 332 g/mol. The Morgan fingerprint density at radius 1 is 1.04 bits per heavy atom. The number of anilines is 1. The number of nitrogens with one attached hydrogen (secondary N) is 1. The van der Waals surface area contributed by atoms with Gasteiger partial charge in [0.05, 0.1) is 5.69 Å². The van der Waals surface area contributed by atoms with Crippen LogP contribution in [0, 0.1) is 0 Å². The van der Waals surface area contributed by atoms with Crippen molar-refractivity contribution < 1.29 is 5.11 Å². The lowest BCUT2D eigenvalue weighted by Gasteiger charge is -2.32. The van der Waals surface area contributed by atoms with Crippen molar-refractivity contribution in [3.63, 3.8) is 0 Å². The van der Waals surface area contributed by atoms with Gasteiger partial charge in [-0.15, -0.1) is 5.10 Å². The molecule has 0 radical (unpaired) electrons. The first-order chi connectivity index (χ1) is 12.6. The van der Waals surface area contributed by atoms with E-state index in [0.29, 0.717) is 18.3 Å². The Hall–Kier alpha value is -1.97. The molecule has 2 aliphatic rings. The predicted molar refractivity (Wildman–Crippen MR) is 99.5 cm³/mol. The third-order valence-corrected chi connectivity index (χ3v) is 5.33. The average molecular weight is 360 g/mol. The number of piperazine rings is 1. The third-order valence-electron chi connectivity index (χ3n) is 5.33. The standard InChI is InChI=1S/C17H28N8O/c1-22-8-10-24(11-9-22)6-3-5-18-16-20-17-19-14-4-7-23(2)12-13(14)15(26)25(17)21-16/h26H,3-12H2,1-2H3,(H,18,21). The van der Waals surface area contributed by atoms with Crippen LogP contribution in [-0.4, -0.2) is 99.3 Å². The molecule has 1 saturated heterocycles. The van der Waals surface area contributed by atoms with E-state index < -0.39 is 0 Å². The van der Waals surface area contributed by atoms with Gasteiger partial charge in [-0.2, -0.15) is 9.50 Å². The Morgan fingerprint density at radius 2 is 1.85 bits per heavy atom. The highest BCUT2D eigenvalue weighted by Gasteiger charge is 2.22. The monoisotopic (exact) mass is 360 g/mol. The van der Waals surface area contributed by atoms with Crippen LogP contribution < -0.4 is 5.32 Å². The summed E-state index contributed by atoms with van der Waals surface area (Å²) in [4.78, 5) is 16.1. The molecule has 2 aliphatic heterocycles. The van der Waals surface area contributed by atoms with Crippen LogP contribution in [0.3, 0.4) is 0 Å². The van der Waals surface area contributed by atoms with E-state index in [1.807, 2.05) is 7.05 Å². The van der Waals surface area contributed by atoms with Crippen molar-refractivity contribution in [2.24, 2.45) is 0 Å². The topological polar surface area (TPSA) is 85.1 Å². The van der Waals surface area contributed by atoms with Crippen molar-refractivity contribution >= 4 is 11.7 Å².